The van der Waals surface area contributed by atoms with E-state index in [1.165, 1.54) is 5.56 Å². The highest BCUT2D eigenvalue weighted by Crippen LogP contribution is 2.31. The number of hydrogen-bond acceptors (Lipinski definition) is 6. The molecule has 1 N–H and O–H groups in total. The van der Waals surface area contributed by atoms with Crippen LogP contribution in [-0.2, 0) is 6.61 Å². The van der Waals surface area contributed by atoms with Gasteiger partial charge in [0.1, 0.15) is 28.9 Å². The number of fused-ring (bicyclic) bond motifs is 1. The Labute approximate surface area is 200 Å². The van der Waals surface area contributed by atoms with E-state index in [-0.39, 0.29) is 18.3 Å². The zero-order valence-corrected chi connectivity index (χ0v) is 19.5. The average molecular weight is 471 g/mol. The van der Waals surface area contributed by atoms with Crippen molar-refractivity contribution in [1.82, 2.24) is 4.98 Å². The molecular formula is C27H22N2O4S. The molecule has 0 bridgehead atoms. The Kier molecular flexibility index (Phi) is 6.01. The SMILES string of the molecule is COc1cccc(OCc2ccc(C(=O)Nc3ccc(-c4nc5ccc(C)cc5s4)cc3)o2)c1. The van der Waals surface area contributed by atoms with Gasteiger partial charge in [-0.2, -0.15) is 0 Å². The monoisotopic (exact) mass is 470 g/mol. The fourth-order valence-corrected chi connectivity index (χ4v) is 4.54. The topological polar surface area (TPSA) is 73.6 Å². The van der Waals surface area contributed by atoms with Gasteiger partial charge in [-0.25, -0.2) is 4.98 Å². The van der Waals surface area contributed by atoms with E-state index in [2.05, 4.69) is 24.4 Å². The van der Waals surface area contributed by atoms with Crippen LogP contribution in [0.1, 0.15) is 21.9 Å². The summed E-state index contributed by atoms with van der Waals surface area (Å²) in [6.07, 6.45) is 0. The second-order valence-electron chi connectivity index (χ2n) is 7.76. The number of hydrogen-bond donors (Lipinski definition) is 1. The lowest BCUT2D eigenvalue weighted by Gasteiger charge is -2.06. The third-order valence-corrected chi connectivity index (χ3v) is 6.31. The van der Waals surface area contributed by atoms with Crippen LogP contribution in [0, 0.1) is 6.92 Å². The quantitative estimate of drug-likeness (QED) is 0.286. The van der Waals surface area contributed by atoms with Crippen molar-refractivity contribution in [3.63, 3.8) is 0 Å². The molecule has 0 aliphatic carbocycles. The maximum absolute atomic E-state index is 12.6. The molecule has 0 atom stereocenters. The molecule has 7 heteroatoms. The van der Waals surface area contributed by atoms with E-state index in [4.69, 9.17) is 18.9 Å². The normalized spacial score (nSPS) is 10.9. The van der Waals surface area contributed by atoms with Gasteiger partial charge in [0, 0.05) is 17.3 Å². The van der Waals surface area contributed by atoms with Crippen molar-refractivity contribution in [2.45, 2.75) is 13.5 Å². The number of aromatic nitrogens is 1. The predicted octanol–water partition coefficient (Wildman–Crippen LogP) is 6.70. The number of rotatable bonds is 7. The Hall–Kier alpha value is -4.10. The van der Waals surface area contributed by atoms with Crippen molar-refractivity contribution in [2.75, 3.05) is 12.4 Å². The molecule has 3 aromatic carbocycles. The maximum atomic E-state index is 12.6. The lowest BCUT2D eigenvalue weighted by Crippen LogP contribution is -2.10. The smallest absolute Gasteiger partial charge is 0.291 e. The molecule has 0 fully saturated rings. The molecule has 0 spiro atoms. The van der Waals surface area contributed by atoms with Crippen LogP contribution in [0.4, 0.5) is 5.69 Å². The first kappa shape index (κ1) is 21.7. The van der Waals surface area contributed by atoms with Gasteiger partial charge >= 0.3 is 0 Å². The van der Waals surface area contributed by atoms with Crippen LogP contribution in [0.15, 0.2) is 83.3 Å². The van der Waals surface area contributed by atoms with Gasteiger partial charge in [-0.1, -0.05) is 12.1 Å². The number of anilines is 1. The number of methoxy groups -OCH3 is 1. The number of carbonyl (C=O) groups is 1. The highest BCUT2D eigenvalue weighted by molar-refractivity contribution is 7.21. The molecule has 6 nitrogen and oxygen atoms in total. The van der Waals surface area contributed by atoms with E-state index in [0.29, 0.717) is 22.9 Å². The fraction of sp³-hybridized carbons (Fsp3) is 0.111. The second-order valence-corrected chi connectivity index (χ2v) is 8.79. The van der Waals surface area contributed by atoms with Crippen LogP contribution in [-0.4, -0.2) is 18.0 Å². The van der Waals surface area contributed by atoms with Crippen molar-refractivity contribution in [1.29, 1.82) is 0 Å². The highest BCUT2D eigenvalue weighted by atomic mass is 32.1. The molecule has 0 saturated heterocycles. The van der Waals surface area contributed by atoms with E-state index in [0.717, 1.165) is 20.8 Å². The summed E-state index contributed by atoms with van der Waals surface area (Å²) in [7, 11) is 1.60. The highest BCUT2D eigenvalue weighted by Gasteiger charge is 2.13. The zero-order valence-electron chi connectivity index (χ0n) is 18.7. The number of carbonyl (C=O) groups excluding carboxylic acids is 1. The van der Waals surface area contributed by atoms with E-state index in [1.54, 1.807) is 36.6 Å². The number of aryl methyl sites for hydroxylation is 1. The van der Waals surface area contributed by atoms with Gasteiger partial charge in [-0.3, -0.25) is 4.79 Å². The summed E-state index contributed by atoms with van der Waals surface area (Å²) in [6, 6.07) is 24.6. The summed E-state index contributed by atoms with van der Waals surface area (Å²) in [5.41, 5.74) is 3.89. The van der Waals surface area contributed by atoms with E-state index >= 15 is 0 Å². The van der Waals surface area contributed by atoms with Crippen molar-refractivity contribution in [3.8, 4) is 22.1 Å². The Balaban J connectivity index is 1.21. The van der Waals surface area contributed by atoms with Crippen molar-refractivity contribution >= 4 is 33.1 Å². The largest absolute Gasteiger partial charge is 0.497 e. The molecule has 34 heavy (non-hydrogen) atoms. The van der Waals surface area contributed by atoms with Gasteiger partial charge in [0.05, 0.1) is 17.3 Å². The molecule has 0 unspecified atom stereocenters. The van der Waals surface area contributed by atoms with Gasteiger partial charge in [0.15, 0.2) is 5.76 Å². The fourth-order valence-electron chi connectivity index (χ4n) is 3.47. The minimum Gasteiger partial charge on any atom is -0.497 e. The van der Waals surface area contributed by atoms with Crippen molar-refractivity contribution in [2.24, 2.45) is 0 Å². The average Bonchev–Trinajstić information content (AvgIpc) is 3.50. The number of amides is 1. The van der Waals surface area contributed by atoms with Crippen LogP contribution in [0.25, 0.3) is 20.8 Å². The Bertz CT molecular complexity index is 1450. The first-order valence-electron chi connectivity index (χ1n) is 10.7. The number of nitrogens with zero attached hydrogens (tertiary/aromatic N) is 1. The number of furan rings is 1. The van der Waals surface area contributed by atoms with Gasteiger partial charge in [-0.15, -0.1) is 11.3 Å². The van der Waals surface area contributed by atoms with E-state index < -0.39 is 0 Å². The Morgan fingerprint density at radius 3 is 2.65 bits per heavy atom. The molecule has 5 rings (SSSR count). The number of nitrogens with one attached hydrogen (secondary N) is 1. The summed E-state index contributed by atoms with van der Waals surface area (Å²) in [5.74, 6) is 1.81. The molecular weight excluding hydrogens is 448 g/mol. The third-order valence-electron chi connectivity index (χ3n) is 5.24. The van der Waals surface area contributed by atoms with Crippen molar-refractivity contribution in [3.05, 3.63) is 95.9 Å². The summed E-state index contributed by atoms with van der Waals surface area (Å²) >= 11 is 1.66. The van der Waals surface area contributed by atoms with E-state index in [9.17, 15) is 4.79 Å². The standard InChI is InChI=1S/C27H22N2O4S/c1-17-6-12-23-25(14-17)34-27(29-23)18-7-9-19(10-8-18)28-26(30)24-13-11-22(33-24)16-32-21-5-3-4-20(15-21)31-2/h3-15H,16H2,1-2H3,(H,28,30). The molecule has 2 heterocycles. The molecule has 0 aliphatic rings. The summed E-state index contributed by atoms with van der Waals surface area (Å²) in [4.78, 5) is 17.3. The molecule has 0 radical (unpaired) electrons. The number of benzene rings is 3. The Morgan fingerprint density at radius 2 is 1.82 bits per heavy atom. The predicted molar refractivity (Wildman–Crippen MR) is 134 cm³/mol. The molecule has 2 aromatic heterocycles. The van der Waals surface area contributed by atoms with Gasteiger partial charge in [0.25, 0.3) is 5.91 Å². The molecule has 0 aliphatic heterocycles. The number of thiazole rings is 1. The first-order chi connectivity index (χ1) is 16.6. The third kappa shape index (κ3) is 4.79. The lowest BCUT2D eigenvalue weighted by atomic mass is 10.2. The first-order valence-corrected chi connectivity index (χ1v) is 11.5. The number of ether oxygens (including phenoxy) is 2. The van der Waals surface area contributed by atoms with Crippen LogP contribution in [0.2, 0.25) is 0 Å². The minimum atomic E-state index is -0.323. The van der Waals surface area contributed by atoms with Gasteiger partial charge in [-0.05, 0) is 73.2 Å². The minimum absolute atomic E-state index is 0.205. The zero-order chi connectivity index (χ0) is 23.5. The summed E-state index contributed by atoms with van der Waals surface area (Å²) in [6.45, 7) is 2.28. The molecule has 5 aromatic rings. The van der Waals surface area contributed by atoms with Gasteiger partial charge in [0.2, 0.25) is 0 Å². The maximum Gasteiger partial charge on any atom is 0.291 e. The van der Waals surface area contributed by atoms with Crippen molar-refractivity contribution < 1.29 is 18.7 Å². The molecule has 1 amide bonds. The summed E-state index contributed by atoms with van der Waals surface area (Å²) in [5, 5.41) is 3.82. The molecule has 0 saturated carbocycles. The van der Waals surface area contributed by atoms with Crippen LogP contribution >= 0.6 is 11.3 Å². The summed E-state index contributed by atoms with van der Waals surface area (Å²) < 4.78 is 17.7. The van der Waals surface area contributed by atoms with E-state index in [1.807, 2.05) is 48.5 Å². The lowest BCUT2D eigenvalue weighted by molar-refractivity contribution is 0.0992. The van der Waals surface area contributed by atoms with Crippen LogP contribution < -0.4 is 14.8 Å². The molecule has 170 valence electrons. The van der Waals surface area contributed by atoms with Gasteiger partial charge < -0.3 is 19.2 Å². The Morgan fingerprint density at radius 1 is 1.00 bits per heavy atom. The van der Waals surface area contributed by atoms with Crippen LogP contribution in [0.5, 0.6) is 11.5 Å². The second kappa shape index (κ2) is 9.41. The van der Waals surface area contributed by atoms with Crippen LogP contribution in [0.3, 0.4) is 0 Å².